The van der Waals surface area contributed by atoms with Crippen LogP contribution in [0, 0.1) is 0 Å². The zero-order chi connectivity index (χ0) is 16.9. The van der Waals surface area contributed by atoms with Gasteiger partial charge in [-0.2, -0.15) is 0 Å². The van der Waals surface area contributed by atoms with Gasteiger partial charge in [0.05, 0.1) is 12.1 Å². The third-order valence-electron chi connectivity index (χ3n) is 3.39. The van der Waals surface area contributed by atoms with Gasteiger partial charge in [-0.25, -0.2) is 9.97 Å². The Morgan fingerprint density at radius 2 is 2.04 bits per heavy atom. The second kappa shape index (κ2) is 7.23. The molecule has 2 heterocycles. The molecule has 1 amide bonds. The summed E-state index contributed by atoms with van der Waals surface area (Å²) >= 11 is 5.97. The molecule has 0 saturated heterocycles. The van der Waals surface area contributed by atoms with Gasteiger partial charge in [-0.3, -0.25) is 4.79 Å². The van der Waals surface area contributed by atoms with Crippen molar-refractivity contribution >= 4 is 17.5 Å². The maximum absolute atomic E-state index is 12.1. The lowest BCUT2D eigenvalue weighted by atomic mass is 10.1. The van der Waals surface area contributed by atoms with Gasteiger partial charge >= 0.3 is 0 Å². The molecule has 0 unspecified atom stereocenters. The summed E-state index contributed by atoms with van der Waals surface area (Å²) in [7, 11) is 0. The third kappa shape index (κ3) is 3.78. The standard InChI is InChI=1S/C17H15ClN4O2/c1-2-16-19-8-12(9-20-16)17(23)21-10-14-7-15(22-24-14)11-4-3-5-13(18)6-11/h3-9H,2,10H2,1H3,(H,21,23). The molecule has 3 aromatic rings. The summed E-state index contributed by atoms with van der Waals surface area (Å²) in [4.78, 5) is 20.3. The van der Waals surface area contributed by atoms with E-state index in [1.165, 1.54) is 12.4 Å². The lowest BCUT2D eigenvalue weighted by Crippen LogP contribution is -2.23. The maximum atomic E-state index is 12.1. The number of benzene rings is 1. The molecule has 3 rings (SSSR count). The van der Waals surface area contributed by atoms with Crippen LogP contribution >= 0.6 is 11.6 Å². The number of aryl methyl sites for hydroxylation is 1. The van der Waals surface area contributed by atoms with Crippen LogP contribution in [0.25, 0.3) is 11.3 Å². The fourth-order valence-corrected chi connectivity index (χ4v) is 2.29. The SMILES string of the molecule is CCc1ncc(C(=O)NCc2cc(-c3cccc(Cl)c3)no2)cn1. The van der Waals surface area contributed by atoms with Gasteiger partial charge < -0.3 is 9.84 Å². The smallest absolute Gasteiger partial charge is 0.254 e. The average Bonchev–Trinajstić information content (AvgIpc) is 3.09. The predicted molar refractivity (Wildman–Crippen MR) is 89.5 cm³/mol. The Balaban J connectivity index is 1.63. The number of nitrogens with one attached hydrogen (secondary N) is 1. The summed E-state index contributed by atoms with van der Waals surface area (Å²) in [6.07, 6.45) is 3.75. The molecule has 7 heteroatoms. The Kier molecular flexibility index (Phi) is 4.86. The second-order valence-electron chi connectivity index (χ2n) is 5.11. The molecule has 0 atom stereocenters. The van der Waals surface area contributed by atoms with E-state index in [0.29, 0.717) is 27.9 Å². The summed E-state index contributed by atoms with van der Waals surface area (Å²) in [5.74, 6) is 0.982. The van der Waals surface area contributed by atoms with E-state index >= 15 is 0 Å². The topological polar surface area (TPSA) is 80.9 Å². The molecule has 0 fully saturated rings. The van der Waals surface area contributed by atoms with Crippen molar-refractivity contribution in [2.75, 3.05) is 0 Å². The van der Waals surface area contributed by atoms with Crippen LogP contribution in [-0.2, 0) is 13.0 Å². The molecule has 6 nitrogen and oxygen atoms in total. The van der Waals surface area contributed by atoms with Crippen LogP contribution in [-0.4, -0.2) is 21.0 Å². The van der Waals surface area contributed by atoms with Crippen molar-refractivity contribution in [1.82, 2.24) is 20.4 Å². The molecule has 0 bridgehead atoms. The first kappa shape index (κ1) is 16.1. The van der Waals surface area contributed by atoms with Gasteiger partial charge in [0.15, 0.2) is 5.76 Å². The molecule has 2 aromatic heterocycles. The van der Waals surface area contributed by atoms with Gasteiger partial charge in [0, 0.05) is 35.5 Å². The highest BCUT2D eigenvalue weighted by molar-refractivity contribution is 6.30. The van der Waals surface area contributed by atoms with Crippen LogP contribution < -0.4 is 5.32 Å². The number of hydrogen-bond donors (Lipinski definition) is 1. The van der Waals surface area contributed by atoms with E-state index in [9.17, 15) is 4.79 Å². The van der Waals surface area contributed by atoms with E-state index in [0.717, 1.165) is 12.0 Å². The quantitative estimate of drug-likeness (QED) is 0.769. The minimum Gasteiger partial charge on any atom is -0.359 e. The summed E-state index contributed by atoms with van der Waals surface area (Å²) in [5.41, 5.74) is 1.92. The predicted octanol–water partition coefficient (Wildman–Crippen LogP) is 3.28. The van der Waals surface area contributed by atoms with E-state index in [1.807, 2.05) is 19.1 Å². The van der Waals surface area contributed by atoms with Crippen LogP contribution in [0.3, 0.4) is 0 Å². The Morgan fingerprint density at radius 3 is 2.75 bits per heavy atom. The third-order valence-corrected chi connectivity index (χ3v) is 3.62. The van der Waals surface area contributed by atoms with Crippen molar-refractivity contribution in [3.8, 4) is 11.3 Å². The zero-order valence-corrected chi connectivity index (χ0v) is 13.7. The molecular weight excluding hydrogens is 328 g/mol. The maximum Gasteiger partial charge on any atom is 0.254 e. The Morgan fingerprint density at radius 1 is 1.25 bits per heavy atom. The van der Waals surface area contributed by atoms with Crippen LogP contribution in [0.2, 0.25) is 5.02 Å². The fourth-order valence-electron chi connectivity index (χ4n) is 2.10. The second-order valence-corrected chi connectivity index (χ2v) is 5.55. The highest BCUT2D eigenvalue weighted by Gasteiger charge is 2.10. The van der Waals surface area contributed by atoms with E-state index < -0.39 is 0 Å². The van der Waals surface area contributed by atoms with Gasteiger partial charge in [-0.1, -0.05) is 35.8 Å². The lowest BCUT2D eigenvalue weighted by molar-refractivity contribution is 0.0946. The lowest BCUT2D eigenvalue weighted by Gasteiger charge is -2.02. The Hall–Kier alpha value is -2.73. The molecule has 1 aromatic carbocycles. The number of nitrogens with zero attached hydrogens (tertiary/aromatic N) is 3. The van der Waals surface area contributed by atoms with Gasteiger partial charge in [0.1, 0.15) is 11.5 Å². The van der Waals surface area contributed by atoms with Crippen LogP contribution in [0.15, 0.2) is 47.2 Å². The normalized spacial score (nSPS) is 10.6. The molecule has 24 heavy (non-hydrogen) atoms. The molecule has 0 spiro atoms. The number of hydrogen-bond acceptors (Lipinski definition) is 5. The molecule has 0 radical (unpaired) electrons. The highest BCUT2D eigenvalue weighted by atomic mass is 35.5. The van der Waals surface area contributed by atoms with Gasteiger partial charge in [-0.15, -0.1) is 0 Å². The van der Waals surface area contributed by atoms with Gasteiger partial charge in [0.25, 0.3) is 5.91 Å². The number of carbonyl (C=O) groups excluding carboxylic acids is 1. The number of amides is 1. The molecule has 0 saturated carbocycles. The first-order valence-corrected chi connectivity index (χ1v) is 7.84. The van der Waals surface area contributed by atoms with Crippen LogP contribution in [0.4, 0.5) is 0 Å². The molecule has 122 valence electrons. The van der Waals surface area contributed by atoms with Gasteiger partial charge in [-0.05, 0) is 12.1 Å². The van der Waals surface area contributed by atoms with Crippen LogP contribution in [0.1, 0.15) is 28.9 Å². The van der Waals surface area contributed by atoms with Gasteiger partial charge in [0.2, 0.25) is 0 Å². The first-order valence-electron chi connectivity index (χ1n) is 7.46. The minimum absolute atomic E-state index is 0.224. The number of halogens is 1. The minimum atomic E-state index is -0.265. The molecule has 1 N–H and O–H groups in total. The highest BCUT2D eigenvalue weighted by Crippen LogP contribution is 2.22. The Bertz CT molecular complexity index is 846. The summed E-state index contributed by atoms with van der Waals surface area (Å²) < 4.78 is 5.24. The Labute approximate surface area is 143 Å². The zero-order valence-electron chi connectivity index (χ0n) is 13.0. The average molecular weight is 343 g/mol. The fraction of sp³-hybridized carbons (Fsp3) is 0.176. The molecular formula is C17H15ClN4O2. The van der Waals surface area contributed by atoms with E-state index in [2.05, 4.69) is 20.4 Å². The molecule has 0 aliphatic rings. The summed E-state index contributed by atoms with van der Waals surface area (Å²) in [5, 5.41) is 7.37. The number of carbonyl (C=O) groups is 1. The van der Waals surface area contributed by atoms with E-state index in [4.69, 9.17) is 16.1 Å². The van der Waals surface area contributed by atoms with Crippen molar-refractivity contribution in [3.63, 3.8) is 0 Å². The van der Waals surface area contributed by atoms with Crippen LogP contribution in [0.5, 0.6) is 0 Å². The summed E-state index contributed by atoms with van der Waals surface area (Å²) in [6, 6.07) is 9.08. The number of rotatable bonds is 5. The molecule has 0 aliphatic heterocycles. The summed E-state index contributed by atoms with van der Waals surface area (Å²) in [6.45, 7) is 2.18. The van der Waals surface area contributed by atoms with Crippen molar-refractivity contribution in [3.05, 3.63) is 64.9 Å². The van der Waals surface area contributed by atoms with Crippen molar-refractivity contribution in [2.24, 2.45) is 0 Å². The van der Waals surface area contributed by atoms with E-state index in [1.54, 1.807) is 18.2 Å². The van der Waals surface area contributed by atoms with E-state index in [-0.39, 0.29) is 12.5 Å². The van der Waals surface area contributed by atoms with Crippen molar-refractivity contribution in [2.45, 2.75) is 19.9 Å². The monoisotopic (exact) mass is 342 g/mol. The van der Waals surface area contributed by atoms with Crippen molar-refractivity contribution < 1.29 is 9.32 Å². The largest absolute Gasteiger partial charge is 0.359 e. The first-order chi connectivity index (χ1) is 11.7. The number of aromatic nitrogens is 3. The molecule has 0 aliphatic carbocycles. The van der Waals surface area contributed by atoms with Crippen molar-refractivity contribution in [1.29, 1.82) is 0 Å².